The van der Waals surface area contributed by atoms with E-state index < -0.39 is 17.4 Å². The van der Waals surface area contributed by atoms with Crippen molar-refractivity contribution in [3.63, 3.8) is 0 Å². The number of hydroxylamine groups is 2. The minimum atomic E-state index is -0.579. The average Bonchev–Trinajstić information content (AvgIpc) is 3.19. The summed E-state index contributed by atoms with van der Waals surface area (Å²) in [6.07, 6.45) is 1.66. The maximum absolute atomic E-state index is 12.3. The van der Waals surface area contributed by atoms with Gasteiger partial charge in [-0.2, -0.15) is 0 Å². The molecule has 1 aliphatic rings. The summed E-state index contributed by atoms with van der Waals surface area (Å²) in [5.74, 6) is -0.899. The van der Waals surface area contributed by atoms with Crippen molar-refractivity contribution >= 4 is 21.6 Å². The molecule has 2 aromatic rings. The number of benzene rings is 1. The Bertz CT molecular complexity index is 853. The smallest absolute Gasteiger partial charge is 0.285 e. The molecule has 1 aromatic heterocycles. The third kappa shape index (κ3) is 4.21. The molecule has 0 fully saturated rings. The van der Waals surface area contributed by atoms with Gasteiger partial charge in [0, 0.05) is 0 Å². The number of hydrogen-bond donors (Lipinski definition) is 0. The predicted octanol–water partition coefficient (Wildman–Crippen LogP) is 2.60. The maximum Gasteiger partial charge on any atom is 0.285 e. The van der Waals surface area contributed by atoms with Gasteiger partial charge in [0.05, 0.1) is 41.8 Å². The highest BCUT2D eigenvalue weighted by atomic mass is 28.2. The van der Waals surface area contributed by atoms with Crippen molar-refractivity contribution in [2.24, 2.45) is 0 Å². The first-order valence-electron chi connectivity index (χ1n) is 9.05. The Kier molecular flexibility index (Phi) is 5.51. The normalized spacial score (nSPS) is 14.7. The van der Waals surface area contributed by atoms with E-state index in [-0.39, 0.29) is 11.6 Å². The monoisotopic (exact) mass is 400 g/mol. The lowest BCUT2D eigenvalue weighted by Gasteiger charge is -2.29. The highest BCUT2D eigenvalue weighted by molar-refractivity contribution is 6.31. The van der Waals surface area contributed by atoms with E-state index in [1.54, 1.807) is 35.1 Å². The summed E-state index contributed by atoms with van der Waals surface area (Å²) < 4.78 is 7.77. The van der Waals surface area contributed by atoms with Gasteiger partial charge in [-0.1, -0.05) is 38.1 Å². The molecule has 0 spiro atoms. The van der Waals surface area contributed by atoms with Crippen molar-refractivity contribution in [2.45, 2.75) is 51.8 Å². The Labute approximate surface area is 166 Å². The summed E-state index contributed by atoms with van der Waals surface area (Å²) in [4.78, 5) is 30.1. The SMILES string of the molecule is CC(C)(C)[Si]OC(C)(C)c1cnnn1CCON1C(=O)c2ccccc2C1=O. The molecule has 28 heavy (non-hydrogen) atoms. The third-order valence-electron chi connectivity index (χ3n) is 4.13. The zero-order valence-corrected chi connectivity index (χ0v) is 17.7. The zero-order chi connectivity index (χ0) is 20.5. The molecule has 1 aliphatic heterocycles. The second-order valence-electron chi connectivity index (χ2n) is 8.09. The van der Waals surface area contributed by atoms with Crippen molar-refractivity contribution in [1.29, 1.82) is 0 Å². The van der Waals surface area contributed by atoms with Crippen molar-refractivity contribution < 1.29 is 18.9 Å². The first kappa shape index (κ1) is 20.4. The van der Waals surface area contributed by atoms with Gasteiger partial charge in [0.2, 0.25) is 9.76 Å². The van der Waals surface area contributed by atoms with Crippen LogP contribution >= 0.6 is 0 Å². The largest absolute Gasteiger partial charge is 0.406 e. The summed E-state index contributed by atoms with van der Waals surface area (Å²) in [6.45, 7) is 10.7. The lowest BCUT2D eigenvalue weighted by atomic mass is 10.1. The van der Waals surface area contributed by atoms with Crippen LogP contribution in [0.3, 0.4) is 0 Å². The summed E-state index contributed by atoms with van der Waals surface area (Å²) in [6, 6.07) is 6.67. The molecule has 0 saturated carbocycles. The van der Waals surface area contributed by atoms with Crippen LogP contribution in [0.4, 0.5) is 0 Å². The van der Waals surface area contributed by atoms with Gasteiger partial charge in [0.25, 0.3) is 11.8 Å². The molecule has 0 aliphatic carbocycles. The Morgan fingerprint density at radius 1 is 1.04 bits per heavy atom. The number of carbonyl (C=O) groups is 2. The molecule has 3 rings (SSSR count). The van der Waals surface area contributed by atoms with E-state index in [4.69, 9.17) is 9.26 Å². The Morgan fingerprint density at radius 3 is 2.21 bits per heavy atom. The lowest BCUT2D eigenvalue weighted by molar-refractivity contribution is -0.0946. The molecule has 1 aromatic carbocycles. The van der Waals surface area contributed by atoms with E-state index >= 15 is 0 Å². The van der Waals surface area contributed by atoms with Crippen LogP contribution < -0.4 is 0 Å². The summed E-state index contributed by atoms with van der Waals surface area (Å²) in [5.41, 5.74) is 0.929. The molecule has 9 heteroatoms. The number of nitrogens with zero attached hydrogens (tertiary/aromatic N) is 4. The minimum Gasteiger partial charge on any atom is -0.406 e. The van der Waals surface area contributed by atoms with Crippen LogP contribution in [0.2, 0.25) is 5.04 Å². The average molecular weight is 401 g/mol. The molecule has 0 N–H and O–H groups in total. The van der Waals surface area contributed by atoms with Gasteiger partial charge in [-0.25, -0.2) is 4.68 Å². The second-order valence-corrected chi connectivity index (χ2v) is 10.00. The number of fused-ring (bicyclic) bond motifs is 1. The van der Waals surface area contributed by atoms with Gasteiger partial charge in [-0.3, -0.25) is 14.4 Å². The Balaban J connectivity index is 1.62. The van der Waals surface area contributed by atoms with Crippen LogP contribution in [0.15, 0.2) is 30.5 Å². The third-order valence-corrected chi connectivity index (χ3v) is 5.35. The van der Waals surface area contributed by atoms with Gasteiger partial charge in [-0.15, -0.1) is 10.2 Å². The van der Waals surface area contributed by atoms with E-state index in [2.05, 4.69) is 31.1 Å². The molecular weight excluding hydrogens is 376 g/mol. The Morgan fingerprint density at radius 2 is 1.64 bits per heavy atom. The maximum atomic E-state index is 12.3. The summed E-state index contributed by atoms with van der Waals surface area (Å²) in [5, 5.41) is 8.94. The van der Waals surface area contributed by atoms with Crippen LogP contribution in [-0.2, 0) is 21.4 Å². The van der Waals surface area contributed by atoms with Crippen LogP contribution in [0.1, 0.15) is 61.0 Å². The standard InChI is InChI=1S/C19H24N4O4Si/c1-18(2,3)28-27-19(4,5)15-12-20-21-22(15)10-11-26-23-16(24)13-8-6-7-9-14(13)17(23)25/h6-9,12H,10-11H2,1-5H3. The summed E-state index contributed by atoms with van der Waals surface area (Å²) >= 11 is 0. The highest BCUT2D eigenvalue weighted by Gasteiger charge is 2.36. The molecule has 0 atom stereocenters. The van der Waals surface area contributed by atoms with Gasteiger partial charge in [0.1, 0.15) is 0 Å². The highest BCUT2D eigenvalue weighted by Crippen LogP contribution is 2.29. The van der Waals surface area contributed by atoms with Crippen molar-refractivity contribution in [3.05, 3.63) is 47.3 Å². The first-order chi connectivity index (χ1) is 13.1. The lowest BCUT2D eigenvalue weighted by Crippen LogP contribution is -2.33. The first-order valence-corrected chi connectivity index (χ1v) is 9.96. The van der Waals surface area contributed by atoms with E-state index in [1.807, 2.05) is 13.8 Å². The van der Waals surface area contributed by atoms with Crippen molar-refractivity contribution in [1.82, 2.24) is 20.1 Å². The van der Waals surface area contributed by atoms with Crippen LogP contribution in [0, 0.1) is 0 Å². The molecule has 2 radical (unpaired) electrons. The number of imide groups is 1. The van der Waals surface area contributed by atoms with Gasteiger partial charge in [0.15, 0.2) is 0 Å². The van der Waals surface area contributed by atoms with E-state index in [9.17, 15) is 9.59 Å². The van der Waals surface area contributed by atoms with Gasteiger partial charge < -0.3 is 4.43 Å². The molecule has 2 heterocycles. The number of hydrogen-bond acceptors (Lipinski definition) is 6. The fraction of sp³-hybridized carbons (Fsp3) is 0.474. The number of carbonyl (C=O) groups excluding carboxylic acids is 2. The van der Waals surface area contributed by atoms with E-state index in [0.717, 1.165) is 10.8 Å². The van der Waals surface area contributed by atoms with E-state index in [1.165, 1.54) is 0 Å². The fourth-order valence-electron chi connectivity index (χ4n) is 2.73. The van der Waals surface area contributed by atoms with Crippen LogP contribution in [-0.4, -0.2) is 48.2 Å². The fourth-order valence-corrected chi connectivity index (χ4v) is 3.39. The zero-order valence-electron chi connectivity index (χ0n) is 16.7. The molecule has 8 nitrogen and oxygen atoms in total. The second kappa shape index (κ2) is 7.57. The van der Waals surface area contributed by atoms with Crippen molar-refractivity contribution in [2.75, 3.05) is 6.61 Å². The van der Waals surface area contributed by atoms with Crippen LogP contribution in [0.5, 0.6) is 0 Å². The number of aromatic nitrogens is 3. The molecular formula is C19H24N4O4Si. The van der Waals surface area contributed by atoms with Gasteiger partial charge >= 0.3 is 0 Å². The topological polar surface area (TPSA) is 86.6 Å². The summed E-state index contributed by atoms with van der Waals surface area (Å²) in [7, 11) is 0.311. The quantitative estimate of drug-likeness (QED) is 0.524. The number of amides is 2. The molecule has 2 amide bonds. The minimum absolute atomic E-state index is 0.0597. The molecule has 0 saturated heterocycles. The van der Waals surface area contributed by atoms with Crippen LogP contribution in [0.25, 0.3) is 0 Å². The number of rotatable bonds is 7. The molecule has 148 valence electrons. The van der Waals surface area contributed by atoms with Crippen molar-refractivity contribution in [3.8, 4) is 0 Å². The predicted molar refractivity (Wildman–Crippen MR) is 102 cm³/mol. The van der Waals surface area contributed by atoms with Gasteiger partial charge in [-0.05, 0) is 31.0 Å². The molecule has 0 unspecified atom stereocenters. The molecule has 0 bridgehead atoms. The van der Waals surface area contributed by atoms with E-state index in [0.29, 0.717) is 27.4 Å². The Hall–Kier alpha value is -2.36.